The van der Waals surface area contributed by atoms with Gasteiger partial charge in [0.25, 0.3) is 0 Å². The van der Waals surface area contributed by atoms with Gasteiger partial charge in [0.2, 0.25) is 0 Å². The highest BCUT2D eigenvalue weighted by molar-refractivity contribution is 6.31. The van der Waals surface area contributed by atoms with E-state index in [0.717, 1.165) is 98.3 Å². The largest absolute Gasteiger partial charge is 0.371 e. The van der Waals surface area contributed by atoms with Crippen molar-refractivity contribution in [3.8, 4) is 22.5 Å². The number of pyridine rings is 2. The van der Waals surface area contributed by atoms with E-state index in [0.29, 0.717) is 12.0 Å². The summed E-state index contributed by atoms with van der Waals surface area (Å²) in [5.74, 6) is 0.681. The number of hydrogen-bond acceptors (Lipinski definition) is 6. The molecule has 6 nitrogen and oxygen atoms in total. The first-order valence-corrected chi connectivity index (χ1v) is 22.7. The Kier molecular flexibility index (Phi) is 13.0. The molecule has 0 saturated carbocycles. The van der Waals surface area contributed by atoms with Crippen molar-refractivity contribution in [2.45, 2.75) is 78.3 Å². The first-order valence-electron chi connectivity index (χ1n) is 22.4. The Morgan fingerprint density at radius 1 is 0.661 bits per heavy atom. The predicted octanol–water partition coefficient (Wildman–Crippen LogP) is 11.6. The molecular formula is C52H63ClN6. The summed E-state index contributed by atoms with van der Waals surface area (Å²) >= 11 is 6.45. The molecule has 0 bridgehead atoms. The van der Waals surface area contributed by atoms with Gasteiger partial charge in [-0.25, -0.2) is 9.97 Å². The molecule has 0 unspecified atom stereocenters. The van der Waals surface area contributed by atoms with E-state index in [1.165, 1.54) is 58.8 Å². The average molecular weight is 808 g/mol. The van der Waals surface area contributed by atoms with E-state index in [1.807, 2.05) is 12.1 Å². The van der Waals surface area contributed by atoms with E-state index in [-0.39, 0.29) is 5.54 Å². The highest BCUT2D eigenvalue weighted by Gasteiger charge is 2.35. The van der Waals surface area contributed by atoms with E-state index < -0.39 is 0 Å². The van der Waals surface area contributed by atoms with Crippen LogP contribution in [0.5, 0.6) is 0 Å². The van der Waals surface area contributed by atoms with Crippen molar-refractivity contribution < 1.29 is 0 Å². The molecule has 6 aromatic rings. The monoisotopic (exact) mass is 806 g/mol. The molecule has 8 rings (SSSR count). The van der Waals surface area contributed by atoms with Crippen LogP contribution in [0, 0.1) is 5.92 Å². The Morgan fingerprint density at radius 2 is 1.36 bits per heavy atom. The zero-order valence-corrected chi connectivity index (χ0v) is 36.8. The topological polar surface area (TPSA) is 38.7 Å². The molecule has 0 spiro atoms. The number of nitrogens with zero attached hydrogens (tertiary/aromatic N) is 6. The third-order valence-corrected chi connectivity index (χ3v) is 13.9. The Hall–Kier alpha value is -4.33. The summed E-state index contributed by atoms with van der Waals surface area (Å²) in [5, 5.41) is 3.17. The van der Waals surface area contributed by atoms with Gasteiger partial charge in [-0.2, -0.15) is 0 Å². The molecule has 59 heavy (non-hydrogen) atoms. The number of likely N-dealkylation sites (tertiary alicyclic amines) is 1. The number of benzene rings is 4. The van der Waals surface area contributed by atoms with E-state index in [9.17, 15) is 0 Å². The van der Waals surface area contributed by atoms with Crippen LogP contribution >= 0.6 is 11.6 Å². The summed E-state index contributed by atoms with van der Waals surface area (Å²) in [6, 6.07) is 39.9. The molecule has 4 heterocycles. The number of aromatic nitrogens is 2. The zero-order valence-electron chi connectivity index (χ0n) is 36.0. The van der Waals surface area contributed by atoms with Crippen molar-refractivity contribution >= 4 is 39.1 Å². The van der Waals surface area contributed by atoms with Crippen LogP contribution in [-0.2, 0) is 12.0 Å². The van der Waals surface area contributed by atoms with Crippen LogP contribution in [-0.4, -0.2) is 89.6 Å². The molecule has 0 amide bonds. The quantitative estimate of drug-likeness (QED) is 0.109. The fourth-order valence-corrected chi connectivity index (χ4v) is 10.2. The zero-order chi connectivity index (χ0) is 40.9. The number of likely N-dealkylation sites (N-methyl/N-ethyl adjacent to an activating group) is 1. The lowest BCUT2D eigenvalue weighted by atomic mass is 9.86. The summed E-state index contributed by atoms with van der Waals surface area (Å²) in [6.07, 6.45) is 5.86. The summed E-state index contributed by atoms with van der Waals surface area (Å²) in [6.45, 7) is 21.6. The molecule has 308 valence electrons. The summed E-state index contributed by atoms with van der Waals surface area (Å²) in [5.41, 5.74) is 10.4. The van der Waals surface area contributed by atoms with Crippen molar-refractivity contribution in [2.24, 2.45) is 5.92 Å². The first kappa shape index (κ1) is 41.4. The van der Waals surface area contributed by atoms with Gasteiger partial charge in [-0.15, -0.1) is 0 Å². The van der Waals surface area contributed by atoms with Crippen molar-refractivity contribution in [2.75, 3.05) is 63.8 Å². The standard InChI is InChI=1S/C52H63ClN6/c1-6-56(37-39-24-29-58(30-25-39)51-36-49(40-16-10-9-11-17-40)55-50-34-42(53)21-22-45(50)51)28-23-38-15-14-18-41(33-38)48-35-46(44-19-12-13-20-47(44)54-48)52(4,5)59-31-26-43(27-32-59)57(7-2)8-3/h9-22,33-36,39,43H,6-8,23-32,37H2,1-5H3. The van der Waals surface area contributed by atoms with Gasteiger partial charge in [0.1, 0.15) is 0 Å². The van der Waals surface area contributed by atoms with E-state index in [4.69, 9.17) is 21.6 Å². The number of rotatable bonds is 14. The van der Waals surface area contributed by atoms with Crippen LogP contribution in [0.1, 0.15) is 71.4 Å². The van der Waals surface area contributed by atoms with Crippen LogP contribution in [0.15, 0.2) is 109 Å². The Labute approximate surface area is 358 Å². The SMILES string of the molecule is CCN(CCc1cccc(-c2cc(C(C)(C)N3CCC(N(CC)CC)CC3)c3ccccc3n2)c1)CC1CCN(c2cc(-c3ccccc3)nc3cc(Cl)ccc23)CC1. The van der Waals surface area contributed by atoms with Crippen molar-refractivity contribution in [3.63, 3.8) is 0 Å². The molecule has 2 saturated heterocycles. The van der Waals surface area contributed by atoms with Gasteiger partial charge in [0.05, 0.1) is 22.4 Å². The number of halogens is 1. The van der Waals surface area contributed by atoms with E-state index in [1.54, 1.807) is 0 Å². The minimum Gasteiger partial charge on any atom is -0.371 e. The highest BCUT2D eigenvalue weighted by atomic mass is 35.5. The van der Waals surface area contributed by atoms with Crippen molar-refractivity contribution in [1.29, 1.82) is 0 Å². The van der Waals surface area contributed by atoms with E-state index >= 15 is 0 Å². The van der Waals surface area contributed by atoms with Gasteiger partial charge in [0, 0.05) is 83.5 Å². The first-order chi connectivity index (χ1) is 28.7. The minimum absolute atomic E-state index is 0.105. The maximum Gasteiger partial charge on any atom is 0.0745 e. The Morgan fingerprint density at radius 3 is 2.10 bits per heavy atom. The maximum absolute atomic E-state index is 6.45. The number of piperidine rings is 2. The van der Waals surface area contributed by atoms with Crippen molar-refractivity contribution in [3.05, 3.63) is 125 Å². The Balaban J connectivity index is 0.928. The molecule has 2 aliphatic rings. The molecule has 0 N–H and O–H groups in total. The second-order valence-electron chi connectivity index (χ2n) is 17.4. The van der Waals surface area contributed by atoms with Gasteiger partial charge in [0.15, 0.2) is 0 Å². The maximum atomic E-state index is 6.45. The lowest BCUT2D eigenvalue weighted by molar-refractivity contribution is 0.0502. The van der Waals surface area contributed by atoms with Crippen LogP contribution in [0.2, 0.25) is 5.02 Å². The molecule has 2 aliphatic heterocycles. The van der Waals surface area contributed by atoms with Crippen LogP contribution in [0.25, 0.3) is 44.3 Å². The Bertz CT molecular complexity index is 2320. The van der Waals surface area contributed by atoms with Gasteiger partial charge in [-0.1, -0.05) is 99.1 Å². The smallest absolute Gasteiger partial charge is 0.0745 e. The lowest BCUT2D eigenvalue weighted by Gasteiger charge is -2.45. The van der Waals surface area contributed by atoms with Gasteiger partial charge >= 0.3 is 0 Å². The lowest BCUT2D eigenvalue weighted by Crippen LogP contribution is -2.50. The molecule has 0 atom stereocenters. The van der Waals surface area contributed by atoms with Crippen LogP contribution in [0.4, 0.5) is 5.69 Å². The predicted molar refractivity (Wildman–Crippen MR) is 251 cm³/mol. The highest BCUT2D eigenvalue weighted by Crippen LogP contribution is 2.38. The fraction of sp³-hybridized carbons (Fsp3) is 0.423. The van der Waals surface area contributed by atoms with Gasteiger partial charge < -0.3 is 14.7 Å². The molecule has 4 aromatic carbocycles. The molecule has 2 aromatic heterocycles. The molecular weight excluding hydrogens is 744 g/mol. The molecule has 0 aliphatic carbocycles. The number of fused-ring (bicyclic) bond motifs is 2. The van der Waals surface area contributed by atoms with E-state index in [2.05, 4.69) is 151 Å². The number of para-hydroxylation sites is 1. The second kappa shape index (κ2) is 18.5. The average Bonchev–Trinajstić information content (AvgIpc) is 3.28. The molecule has 2 fully saturated rings. The van der Waals surface area contributed by atoms with Gasteiger partial charge in [-0.05, 0) is 125 Å². The summed E-state index contributed by atoms with van der Waals surface area (Å²) in [7, 11) is 0. The second-order valence-corrected chi connectivity index (χ2v) is 17.8. The number of hydrogen-bond donors (Lipinski definition) is 0. The van der Waals surface area contributed by atoms with Crippen molar-refractivity contribution in [1.82, 2.24) is 24.7 Å². The normalized spacial score (nSPS) is 16.2. The summed E-state index contributed by atoms with van der Waals surface area (Å²) in [4.78, 5) is 20.9. The molecule has 0 radical (unpaired) electrons. The fourth-order valence-electron chi connectivity index (χ4n) is 10.0. The van der Waals surface area contributed by atoms with Crippen LogP contribution in [0.3, 0.4) is 0 Å². The molecule has 7 heteroatoms. The third kappa shape index (κ3) is 9.22. The number of anilines is 1. The van der Waals surface area contributed by atoms with Crippen LogP contribution < -0.4 is 4.90 Å². The summed E-state index contributed by atoms with van der Waals surface area (Å²) < 4.78 is 0. The third-order valence-electron chi connectivity index (χ3n) is 13.6. The van der Waals surface area contributed by atoms with Gasteiger partial charge in [-0.3, -0.25) is 4.90 Å². The minimum atomic E-state index is -0.105.